The van der Waals surface area contributed by atoms with Gasteiger partial charge in [-0.3, -0.25) is 4.79 Å². The minimum Gasteiger partial charge on any atom is -0.378 e. The molecule has 1 aliphatic rings. The molecule has 0 bridgehead atoms. The van der Waals surface area contributed by atoms with Crippen LogP contribution in [0.2, 0.25) is 0 Å². The highest BCUT2D eigenvalue weighted by molar-refractivity contribution is 5.86. The van der Waals surface area contributed by atoms with Gasteiger partial charge in [-0.1, -0.05) is 79.9 Å². The fourth-order valence-corrected chi connectivity index (χ4v) is 4.21. The van der Waals surface area contributed by atoms with E-state index in [1.165, 1.54) is 35.6 Å². The second-order valence-corrected chi connectivity index (χ2v) is 7.67. The largest absolute Gasteiger partial charge is 0.378 e. The topological polar surface area (TPSA) is 29.1 Å². The first-order chi connectivity index (χ1) is 13.3. The van der Waals surface area contributed by atoms with Crippen LogP contribution in [0, 0.1) is 5.92 Å². The van der Waals surface area contributed by atoms with E-state index >= 15 is 0 Å². The van der Waals surface area contributed by atoms with E-state index in [-0.39, 0.29) is 12.0 Å². The van der Waals surface area contributed by atoms with E-state index in [1.807, 2.05) is 6.07 Å². The third-order valence-electron chi connectivity index (χ3n) is 5.76. The van der Waals surface area contributed by atoms with Gasteiger partial charge in [0.25, 0.3) is 0 Å². The van der Waals surface area contributed by atoms with Gasteiger partial charge in [-0.05, 0) is 41.3 Å². The van der Waals surface area contributed by atoms with E-state index in [1.54, 1.807) is 0 Å². The van der Waals surface area contributed by atoms with Crippen molar-refractivity contribution >= 4 is 22.2 Å². The summed E-state index contributed by atoms with van der Waals surface area (Å²) in [4.78, 5) is 12.9. The molecule has 2 nitrogen and oxygen atoms in total. The zero-order valence-corrected chi connectivity index (χ0v) is 15.7. The van der Waals surface area contributed by atoms with E-state index in [0.29, 0.717) is 12.2 Å². The number of benzene rings is 3. The van der Waals surface area contributed by atoms with Crippen LogP contribution in [0.1, 0.15) is 50.1 Å². The zero-order chi connectivity index (χ0) is 18.5. The van der Waals surface area contributed by atoms with Gasteiger partial charge in [-0.2, -0.15) is 0 Å². The second-order valence-electron chi connectivity index (χ2n) is 7.67. The number of anilines is 1. The Morgan fingerprint density at radius 1 is 0.852 bits per heavy atom. The molecule has 4 rings (SSSR count). The van der Waals surface area contributed by atoms with Gasteiger partial charge in [0.15, 0.2) is 0 Å². The maximum absolute atomic E-state index is 12.9. The average Bonchev–Trinajstić information content (AvgIpc) is 2.74. The molecule has 1 aliphatic carbocycles. The molecular weight excluding hydrogens is 330 g/mol. The van der Waals surface area contributed by atoms with Crippen molar-refractivity contribution in [3.05, 3.63) is 78.4 Å². The number of rotatable bonds is 6. The molecule has 1 fully saturated rings. The highest BCUT2D eigenvalue weighted by atomic mass is 16.1. The van der Waals surface area contributed by atoms with Crippen LogP contribution in [0.3, 0.4) is 0 Å². The van der Waals surface area contributed by atoms with Crippen molar-refractivity contribution in [2.24, 2.45) is 5.92 Å². The summed E-state index contributed by atoms with van der Waals surface area (Å²) in [5.41, 5.74) is 2.24. The minimum absolute atomic E-state index is 0.0155. The van der Waals surface area contributed by atoms with E-state index in [0.717, 1.165) is 18.5 Å². The van der Waals surface area contributed by atoms with Crippen LogP contribution in [-0.2, 0) is 4.79 Å². The number of fused-ring (bicyclic) bond motifs is 1. The Kier molecular flexibility index (Phi) is 5.53. The van der Waals surface area contributed by atoms with Crippen molar-refractivity contribution in [3.8, 4) is 0 Å². The Labute approximate surface area is 161 Å². The van der Waals surface area contributed by atoms with Gasteiger partial charge in [0, 0.05) is 18.0 Å². The van der Waals surface area contributed by atoms with Crippen LogP contribution >= 0.6 is 0 Å². The van der Waals surface area contributed by atoms with Crippen molar-refractivity contribution in [2.75, 3.05) is 5.32 Å². The molecule has 0 heterocycles. The number of ketones is 1. The Bertz CT molecular complexity index is 896. The molecule has 1 N–H and O–H groups in total. The maximum atomic E-state index is 12.9. The average molecular weight is 357 g/mol. The fraction of sp³-hybridized carbons (Fsp3) is 0.320. The van der Waals surface area contributed by atoms with Crippen LogP contribution in [0.15, 0.2) is 72.8 Å². The zero-order valence-electron chi connectivity index (χ0n) is 15.7. The Morgan fingerprint density at radius 3 is 2.33 bits per heavy atom. The summed E-state index contributed by atoms with van der Waals surface area (Å²) in [5.74, 6) is 0.667. The maximum Gasteiger partial charge on any atom is 0.138 e. The lowest BCUT2D eigenvalue weighted by Gasteiger charge is -2.25. The first kappa shape index (κ1) is 17.8. The SMILES string of the molecule is O=C(CC(Nc1ccc2ccccc2c1)c1ccccc1)C1CCCCC1. The summed E-state index contributed by atoms with van der Waals surface area (Å²) < 4.78 is 0. The predicted octanol–water partition coefficient (Wildman–Crippen LogP) is 6.53. The first-order valence-corrected chi connectivity index (χ1v) is 10.1. The summed E-state index contributed by atoms with van der Waals surface area (Å²) in [6.45, 7) is 0. The quantitative estimate of drug-likeness (QED) is 0.543. The van der Waals surface area contributed by atoms with Crippen molar-refractivity contribution in [3.63, 3.8) is 0 Å². The second kappa shape index (κ2) is 8.39. The van der Waals surface area contributed by atoms with E-state index < -0.39 is 0 Å². The van der Waals surface area contributed by atoms with Gasteiger partial charge >= 0.3 is 0 Å². The van der Waals surface area contributed by atoms with Gasteiger partial charge in [-0.25, -0.2) is 0 Å². The summed E-state index contributed by atoms with van der Waals surface area (Å²) in [6.07, 6.45) is 6.37. The monoisotopic (exact) mass is 357 g/mol. The molecular formula is C25H27NO. The summed E-state index contributed by atoms with van der Waals surface area (Å²) in [7, 11) is 0. The van der Waals surface area contributed by atoms with Gasteiger partial charge in [-0.15, -0.1) is 0 Å². The molecule has 0 aliphatic heterocycles. The van der Waals surface area contributed by atoms with E-state index in [4.69, 9.17) is 0 Å². The van der Waals surface area contributed by atoms with Crippen molar-refractivity contribution in [1.29, 1.82) is 0 Å². The molecule has 0 radical (unpaired) electrons. The lowest BCUT2D eigenvalue weighted by molar-refractivity contribution is -0.124. The molecule has 0 spiro atoms. The molecule has 138 valence electrons. The number of hydrogen-bond acceptors (Lipinski definition) is 2. The Balaban J connectivity index is 1.56. The highest BCUT2D eigenvalue weighted by Crippen LogP contribution is 2.30. The predicted molar refractivity (Wildman–Crippen MR) is 113 cm³/mol. The molecule has 0 saturated heterocycles. The smallest absolute Gasteiger partial charge is 0.138 e. The highest BCUT2D eigenvalue weighted by Gasteiger charge is 2.24. The number of hydrogen-bond donors (Lipinski definition) is 1. The van der Waals surface area contributed by atoms with Gasteiger partial charge in [0.05, 0.1) is 6.04 Å². The third-order valence-corrected chi connectivity index (χ3v) is 5.76. The van der Waals surface area contributed by atoms with Gasteiger partial charge in [0.2, 0.25) is 0 Å². The number of carbonyl (C=O) groups is 1. The van der Waals surface area contributed by atoms with Crippen molar-refractivity contribution < 1.29 is 4.79 Å². The molecule has 3 aromatic rings. The minimum atomic E-state index is 0.0155. The van der Waals surface area contributed by atoms with Gasteiger partial charge in [0.1, 0.15) is 5.78 Å². The van der Waals surface area contributed by atoms with Gasteiger partial charge < -0.3 is 5.32 Å². The number of nitrogens with one attached hydrogen (secondary N) is 1. The van der Waals surface area contributed by atoms with Crippen LogP contribution in [0.5, 0.6) is 0 Å². The van der Waals surface area contributed by atoms with Crippen LogP contribution < -0.4 is 5.32 Å². The Hall–Kier alpha value is -2.61. The molecule has 0 aromatic heterocycles. The summed E-state index contributed by atoms with van der Waals surface area (Å²) >= 11 is 0. The van der Waals surface area contributed by atoms with E-state index in [9.17, 15) is 4.79 Å². The molecule has 1 unspecified atom stereocenters. The number of Topliss-reactive ketones (excluding diaryl/α,β-unsaturated/α-hetero) is 1. The normalized spacial score (nSPS) is 16.1. The Morgan fingerprint density at radius 2 is 1.56 bits per heavy atom. The lowest BCUT2D eigenvalue weighted by atomic mass is 9.83. The number of carbonyl (C=O) groups excluding carboxylic acids is 1. The van der Waals surface area contributed by atoms with Crippen LogP contribution in [0.4, 0.5) is 5.69 Å². The van der Waals surface area contributed by atoms with Crippen molar-refractivity contribution in [1.82, 2.24) is 0 Å². The van der Waals surface area contributed by atoms with Crippen LogP contribution in [0.25, 0.3) is 10.8 Å². The molecule has 3 aromatic carbocycles. The third kappa shape index (κ3) is 4.39. The van der Waals surface area contributed by atoms with E-state index in [2.05, 4.69) is 72.0 Å². The molecule has 1 atom stereocenters. The van der Waals surface area contributed by atoms with Crippen LogP contribution in [-0.4, -0.2) is 5.78 Å². The molecule has 27 heavy (non-hydrogen) atoms. The molecule has 2 heteroatoms. The summed E-state index contributed by atoms with van der Waals surface area (Å²) in [5, 5.41) is 6.09. The fourth-order valence-electron chi connectivity index (χ4n) is 4.21. The first-order valence-electron chi connectivity index (χ1n) is 10.1. The van der Waals surface area contributed by atoms with Crippen molar-refractivity contribution in [2.45, 2.75) is 44.6 Å². The molecule has 0 amide bonds. The molecule has 1 saturated carbocycles. The standard InChI is InChI=1S/C25H27NO/c27-25(21-12-5-2-6-13-21)18-24(20-10-3-1-4-11-20)26-23-16-15-19-9-7-8-14-22(19)17-23/h1,3-4,7-11,14-17,21,24,26H,2,5-6,12-13,18H2. The lowest BCUT2D eigenvalue weighted by Crippen LogP contribution is -2.23. The summed E-state index contributed by atoms with van der Waals surface area (Å²) in [6, 6.07) is 25.2.